The zero-order chi connectivity index (χ0) is 21.2. The van der Waals surface area contributed by atoms with Gasteiger partial charge in [0.2, 0.25) is 0 Å². The monoisotopic (exact) mass is 439 g/mol. The minimum atomic E-state index is -4.33. The van der Waals surface area contributed by atoms with Gasteiger partial charge in [-0.25, -0.2) is 0 Å². The van der Waals surface area contributed by atoms with Crippen molar-refractivity contribution >= 4 is 23.0 Å². The third kappa shape index (κ3) is 4.91. The van der Waals surface area contributed by atoms with Crippen molar-refractivity contribution in [3.63, 3.8) is 0 Å². The predicted molar refractivity (Wildman–Crippen MR) is 114 cm³/mol. The van der Waals surface area contributed by atoms with Crippen LogP contribution in [0.15, 0.2) is 30.3 Å². The molecule has 0 atom stereocenters. The summed E-state index contributed by atoms with van der Waals surface area (Å²) < 4.78 is 38.3. The fourth-order valence-corrected chi connectivity index (χ4v) is 4.79. The summed E-state index contributed by atoms with van der Waals surface area (Å²) in [5.41, 5.74) is 3.23. The first-order valence-corrected chi connectivity index (χ1v) is 11.1. The lowest BCUT2D eigenvalue weighted by atomic mass is 9.89. The number of piperidine rings is 1. The van der Waals surface area contributed by atoms with Crippen LogP contribution in [0.1, 0.15) is 56.1 Å². The molecule has 3 aliphatic rings. The highest BCUT2D eigenvalue weighted by atomic mass is 32.1. The molecule has 0 radical (unpaired) electrons. The van der Waals surface area contributed by atoms with Crippen LogP contribution in [0, 0.1) is 5.92 Å². The molecule has 1 aromatic rings. The molecule has 164 valence electrons. The predicted octanol–water partition coefficient (Wildman–Crippen LogP) is 4.87. The molecule has 2 fully saturated rings. The van der Waals surface area contributed by atoms with Crippen LogP contribution in [0.25, 0.3) is 5.70 Å². The average Bonchev–Trinajstić information content (AvgIpc) is 3.16. The van der Waals surface area contributed by atoms with Gasteiger partial charge < -0.3 is 10.2 Å². The molecular formula is C22H28F3N3OS. The van der Waals surface area contributed by atoms with E-state index in [0.29, 0.717) is 5.56 Å². The number of hydroxylamine groups is 1. The van der Waals surface area contributed by atoms with Crippen LogP contribution >= 0.6 is 12.2 Å². The largest absolute Gasteiger partial charge is 0.416 e. The summed E-state index contributed by atoms with van der Waals surface area (Å²) >= 11 is 5.60. The molecule has 1 spiro atoms. The van der Waals surface area contributed by atoms with Gasteiger partial charge in [-0.2, -0.15) is 13.2 Å². The zero-order valence-electron chi connectivity index (χ0n) is 16.9. The first-order chi connectivity index (χ1) is 14.3. The third-order valence-electron chi connectivity index (χ3n) is 6.46. The van der Waals surface area contributed by atoms with Crippen molar-refractivity contribution < 1.29 is 18.0 Å². The van der Waals surface area contributed by atoms with Gasteiger partial charge in [-0.3, -0.25) is 10.3 Å². The van der Waals surface area contributed by atoms with Crippen LogP contribution in [0.3, 0.4) is 0 Å². The van der Waals surface area contributed by atoms with Gasteiger partial charge in [0.1, 0.15) is 5.60 Å². The smallest absolute Gasteiger partial charge is 0.362 e. The standard InChI is InChI=1S/C22H28F3N3OS/c23-22(24,25)18-8-6-17(7-9-18)19-14-21(29-27-19)10-12-28(13-11-21)20(30)26-15-16-4-2-1-3-5-16/h6-9,14,16,27H,1-5,10-13,15H2,(H,26,30). The number of rotatable bonds is 3. The molecule has 0 amide bonds. The second kappa shape index (κ2) is 8.75. The van der Waals surface area contributed by atoms with Crippen molar-refractivity contribution in [2.24, 2.45) is 5.92 Å². The SMILES string of the molecule is FC(F)(F)c1ccc(C2=CC3(CCN(C(=S)NCC4CCCCC4)CC3)ON2)cc1. The molecule has 2 aliphatic heterocycles. The lowest BCUT2D eigenvalue weighted by Crippen LogP contribution is -2.50. The minimum Gasteiger partial charge on any atom is -0.362 e. The number of halogens is 3. The van der Waals surface area contributed by atoms with Crippen molar-refractivity contribution in [1.29, 1.82) is 0 Å². The van der Waals surface area contributed by atoms with Crippen LogP contribution < -0.4 is 10.8 Å². The number of hydrogen-bond donors (Lipinski definition) is 2. The van der Waals surface area contributed by atoms with Gasteiger partial charge in [-0.15, -0.1) is 0 Å². The Morgan fingerprint density at radius 2 is 1.80 bits per heavy atom. The number of thiocarbonyl (C=S) groups is 1. The topological polar surface area (TPSA) is 36.5 Å². The Balaban J connectivity index is 1.30. The molecule has 1 saturated heterocycles. The van der Waals surface area contributed by atoms with Gasteiger partial charge >= 0.3 is 6.18 Å². The Morgan fingerprint density at radius 3 is 2.43 bits per heavy atom. The minimum absolute atomic E-state index is 0.437. The molecule has 1 aliphatic carbocycles. The molecule has 2 N–H and O–H groups in total. The van der Waals surface area contributed by atoms with Crippen LogP contribution in [0.5, 0.6) is 0 Å². The number of hydrogen-bond acceptors (Lipinski definition) is 3. The fourth-order valence-electron chi connectivity index (χ4n) is 4.53. The van der Waals surface area contributed by atoms with Crippen LogP contribution in [0.2, 0.25) is 0 Å². The molecule has 4 rings (SSSR count). The Labute approximate surface area is 180 Å². The number of alkyl halides is 3. The lowest BCUT2D eigenvalue weighted by molar-refractivity contribution is -0.137. The fraction of sp³-hybridized carbons (Fsp3) is 0.591. The summed E-state index contributed by atoms with van der Waals surface area (Å²) in [6, 6.07) is 5.15. The van der Waals surface area contributed by atoms with Gasteiger partial charge in [-0.1, -0.05) is 31.4 Å². The lowest BCUT2D eigenvalue weighted by Gasteiger charge is -2.38. The van der Waals surface area contributed by atoms with E-state index >= 15 is 0 Å². The molecule has 4 nitrogen and oxygen atoms in total. The second-order valence-corrected chi connectivity index (χ2v) is 8.97. The highest BCUT2D eigenvalue weighted by Crippen LogP contribution is 2.36. The Bertz CT molecular complexity index is 780. The van der Waals surface area contributed by atoms with Crippen molar-refractivity contribution in [3.05, 3.63) is 41.5 Å². The average molecular weight is 440 g/mol. The van der Waals surface area contributed by atoms with E-state index in [2.05, 4.69) is 15.7 Å². The normalized spacial score (nSPS) is 22.0. The summed E-state index contributed by atoms with van der Waals surface area (Å²) in [5.74, 6) is 0.726. The highest BCUT2D eigenvalue weighted by Gasteiger charge is 2.39. The van der Waals surface area contributed by atoms with Crippen molar-refractivity contribution in [3.8, 4) is 0 Å². The molecule has 1 aromatic carbocycles. The van der Waals surface area contributed by atoms with E-state index in [4.69, 9.17) is 17.1 Å². The van der Waals surface area contributed by atoms with Gasteiger partial charge in [0.25, 0.3) is 0 Å². The van der Waals surface area contributed by atoms with Crippen LogP contribution in [0.4, 0.5) is 13.2 Å². The summed E-state index contributed by atoms with van der Waals surface area (Å²) in [6.07, 6.45) is 5.80. The maximum atomic E-state index is 12.8. The van der Waals surface area contributed by atoms with E-state index in [9.17, 15) is 13.2 Å². The first-order valence-electron chi connectivity index (χ1n) is 10.7. The first kappa shape index (κ1) is 21.4. The van der Waals surface area contributed by atoms with Crippen molar-refractivity contribution in [2.75, 3.05) is 19.6 Å². The molecule has 30 heavy (non-hydrogen) atoms. The summed E-state index contributed by atoms with van der Waals surface area (Å²) in [6.45, 7) is 2.53. The van der Waals surface area contributed by atoms with Crippen LogP contribution in [-0.2, 0) is 11.0 Å². The van der Waals surface area contributed by atoms with E-state index in [1.165, 1.54) is 44.2 Å². The number of likely N-dealkylation sites (tertiary alicyclic amines) is 1. The summed E-state index contributed by atoms with van der Waals surface area (Å²) in [5, 5.41) is 4.26. The third-order valence-corrected chi connectivity index (χ3v) is 6.86. The highest BCUT2D eigenvalue weighted by molar-refractivity contribution is 7.80. The van der Waals surface area contributed by atoms with Gasteiger partial charge in [0.15, 0.2) is 5.11 Å². The molecule has 0 unspecified atom stereocenters. The van der Waals surface area contributed by atoms with Gasteiger partial charge in [0.05, 0.1) is 11.3 Å². The molecule has 2 heterocycles. The molecule has 0 bridgehead atoms. The maximum absolute atomic E-state index is 12.8. The molecule has 0 aromatic heterocycles. The van der Waals surface area contributed by atoms with E-state index in [0.717, 1.165) is 61.3 Å². The summed E-state index contributed by atoms with van der Waals surface area (Å²) in [4.78, 5) is 8.07. The van der Waals surface area contributed by atoms with Crippen molar-refractivity contribution in [2.45, 2.75) is 56.7 Å². The van der Waals surface area contributed by atoms with Crippen LogP contribution in [-0.4, -0.2) is 35.2 Å². The number of benzene rings is 1. The van der Waals surface area contributed by atoms with Gasteiger partial charge in [0, 0.05) is 32.5 Å². The van der Waals surface area contributed by atoms with E-state index < -0.39 is 17.3 Å². The number of nitrogens with one attached hydrogen (secondary N) is 2. The molecular weight excluding hydrogens is 411 g/mol. The van der Waals surface area contributed by atoms with E-state index in [-0.39, 0.29) is 0 Å². The molecule has 8 heteroatoms. The number of nitrogens with zero attached hydrogens (tertiary/aromatic N) is 1. The summed E-state index contributed by atoms with van der Waals surface area (Å²) in [7, 11) is 0. The van der Waals surface area contributed by atoms with Gasteiger partial charge in [-0.05, 0) is 54.7 Å². The Kier molecular flexibility index (Phi) is 6.25. The van der Waals surface area contributed by atoms with E-state index in [1.54, 1.807) is 0 Å². The van der Waals surface area contributed by atoms with E-state index in [1.807, 2.05) is 6.08 Å². The quantitative estimate of drug-likeness (QED) is 0.657. The molecule has 1 saturated carbocycles. The maximum Gasteiger partial charge on any atom is 0.416 e. The Morgan fingerprint density at radius 1 is 1.13 bits per heavy atom. The zero-order valence-corrected chi connectivity index (χ0v) is 17.7. The Hall–Kier alpha value is -1.80. The van der Waals surface area contributed by atoms with Crippen molar-refractivity contribution in [1.82, 2.24) is 15.7 Å². The second-order valence-electron chi connectivity index (χ2n) is 8.58.